The molecule has 4 aromatic rings. The number of carboxylic acids is 1. The van der Waals surface area contributed by atoms with Crippen LogP contribution in [0.3, 0.4) is 0 Å². The molecule has 7 nitrogen and oxygen atoms in total. The maximum absolute atomic E-state index is 12.6. The number of nitrogens with zero attached hydrogens (tertiary/aromatic N) is 2. The highest BCUT2D eigenvalue weighted by molar-refractivity contribution is 7.10. The average molecular weight is 500 g/mol. The Kier molecular flexibility index (Phi) is 6.52. The van der Waals surface area contributed by atoms with Crippen molar-refractivity contribution in [1.82, 2.24) is 9.59 Å². The molecule has 182 valence electrons. The fourth-order valence-electron chi connectivity index (χ4n) is 4.32. The Morgan fingerprint density at radius 1 is 0.972 bits per heavy atom. The Morgan fingerprint density at radius 2 is 1.58 bits per heavy atom. The Hall–Kier alpha value is -4.04. The van der Waals surface area contributed by atoms with Crippen molar-refractivity contribution in [3.63, 3.8) is 0 Å². The predicted molar refractivity (Wildman–Crippen MR) is 139 cm³/mol. The molecule has 1 aromatic heterocycles. The van der Waals surface area contributed by atoms with Gasteiger partial charge in [-0.25, -0.2) is 4.79 Å². The monoisotopic (exact) mass is 499 g/mol. The summed E-state index contributed by atoms with van der Waals surface area (Å²) < 4.78 is 9.66. The summed E-state index contributed by atoms with van der Waals surface area (Å²) >= 11 is 1.09. The maximum Gasteiger partial charge on any atom is 0.412 e. The number of anilines is 1. The van der Waals surface area contributed by atoms with Crippen LogP contribution in [0.2, 0.25) is 0 Å². The predicted octanol–water partition coefficient (Wildman–Crippen LogP) is 6.69. The third kappa shape index (κ3) is 4.72. The van der Waals surface area contributed by atoms with Crippen molar-refractivity contribution in [3.8, 4) is 22.4 Å². The van der Waals surface area contributed by atoms with Crippen LogP contribution < -0.4 is 5.32 Å². The zero-order valence-corrected chi connectivity index (χ0v) is 20.5. The summed E-state index contributed by atoms with van der Waals surface area (Å²) in [5, 5.41) is 17.0. The van der Waals surface area contributed by atoms with Crippen LogP contribution in [-0.2, 0) is 14.9 Å². The van der Waals surface area contributed by atoms with Gasteiger partial charge in [-0.2, -0.15) is 0 Å². The van der Waals surface area contributed by atoms with Crippen molar-refractivity contribution in [2.75, 3.05) is 5.32 Å². The molecule has 1 atom stereocenters. The molecule has 8 heteroatoms. The number of carbonyl (C=O) groups is 2. The van der Waals surface area contributed by atoms with Crippen molar-refractivity contribution in [1.29, 1.82) is 0 Å². The number of benzene rings is 3. The number of hydrogen-bond acceptors (Lipinski definition) is 6. The zero-order valence-electron chi connectivity index (χ0n) is 19.7. The molecule has 1 aliphatic rings. The van der Waals surface area contributed by atoms with Gasteiger partial charge in [0.2, 0.25) is 0 Å². The number of aliphatic carboxylic acids is 1. The first kappa shape index (κ1) is 23.7. The van der Waals surface area contributed by atoms with Gasteiger partial charge in [0, 0.05) is 17.1 Å². The van der Waals surface area contributed by atoms with E-state index < -0.39 is 17.5 Å². The van der Waals surface area contributed by atoms with Gasteiger partial charge < -0.3 is 9.84 Å². The van der Waals surface area contributed by atoms with Gasteiger partial charge in [0.1, 0.15) is 16.8 Å². The van der Waals surface area contributed by atoms with Crippen molar-refractivity contribution in [2.24, 2.45) is 0 Å². The molecule has 1 aliphatic carbocycles. The summed E-state index contributed by atoms with van der Waals surface area (Å²) in [7, 11) is 0. The highest BCUT2D eigenvalue weighted by Gasteiger charge is 2.51. The van der Waals surface area contributed by atoms with Gasteiger partial charge in [0.15, 0.2) is 0 Å². The normalized spacial score (nSPS) is 14.6. The molecule has 0 spiro atoms. The Labute approximate surface area is 212 Å². The molecule has 1 amide bonds. The third-order valence-electron chi connectivity index (χ3n) is 6.58. The quantitative estimate of drug-likeness (QED) is 0.280. The standard InChI is InChI=1S/C28H25N3O4S/c1-2-23(20-6-4-3-5-7-20)35-27(34)29-25-24(30-31-36-25)21-10-8-18(9-11-21)19-12-14-22(15-13-19)28(16-17-28)26(32)33/h3-15,23H,2,16-17H2,1H3,(H,29,34)(H,32,33). The van der Waals surface area contributed by atoms with Crippen molar-refractivity contribution in [2.45, 2.75) is 37.7 Å². The van der Waals surface area contributed by atoms with E-state index in [1.54, 1.807) is 0 Å². The summed E-state index contributed by atoms with van der Waals surface area (Å²) in [5.74, 6) is -0.755. The van der Waals surface area contributed by atoms with Crippen molar-refractivity contribution >= 4 is 28.6 Å². The molecule has 36 heavy (non-hydrogen) atoms. The number of ether oxygens (including phenoxy) is 1. The fraction of sp³-hybridized carbons (Fsp3) is 0.214. The van der Waals surface area contributed by atoms with Crippen LogP contribution in [0.4, 0.5) is 9.80 Å². The summed E-state index contributed by atoms with van der Waals surface area (Å²) in [6.45, 7) is 1.97. The van der Waals surface area contributed by atoms with E-state index in [0.717, 1.165) is 39.3 Å². The van der Waals surface area contributed by atoms with Gasteiger partial charge in [-0.05, 0) is 41.5 Å². The smallest absolute Gasteiger partial charge is 0.412 e. The zero-order chi connectivity index (χ0) is 25.1. The van der Waals surface area contributed by atoms with Crippen molar-refractivity contribution in [3.05, 3.63) is 90.0 Å². The summed E-state index contributed by atoms with van der Waals surface area (Å²) in [5.41, 5.74) is 4.47. The molecular weight excluding hydrogens is 474 g/mol. The highest BCUT2D eigenvalue weighted by atomic mass is 32.1. The number of hydrogen-bond donors (Lipinski definition) is 2. The lowest BCUT2D eigenvalue weighted by Crippen LogP contribution is -2.19. The van der Waals surface area contributed by atoms with Crippen LogP contribution in [0.5, 0.6) is 0 Å². The minimum absolute atomic E-state index is 0.341. The molecule has 1 heterocycles. The van der Waals surface area contributed by atoms with Crippen LogP contribution in [-0.4, -0.2) is 26.8 Å². The molecule has 0 bridgehead atoms. The van der Waals surface area contributed by atoms with Crippen LogP contribution in [0.25, 0.3) is 22.4 Å². The number of carboxylic acid groups (broad SMARTS) is 1. The third-order valence-corrected chi connectivity index (χ3v) is 7.22. The minimum Gasteiger partial charge on any atom is -0.481 e. The van der Waals surface area contributed by atoms with E-state index >= 15 is 0 Å². The van der Waals surface area contributed by atoms with Gasteiger partial charge in [0.25, 0.3) is 0 Å². The molecule has 0 saturated heterocycles. The molecule has 0 aliphatic heterocycles. The largest absolute Gasteiger partial charge is 0.481 e. The first-order chi connectivity index (χ1) is 17.5. The number of nitrogens with one attached hydrogen (secondary N) is 1. The van der Waals surface area contributed by atoms with Gasteiger partial charge in [-0.1, -0.05) is 90.3 Å². The van der Waals surface area contributed by atoms with Gasteiger partial charge >= 0.3 is 12.1 Å². The van der Waals surface area contributed by atoms with E-state index in [-0.39, 0.29) is 6.10 Å². The highest BCUT2D eigenvalue weighted by Crippen LogP contribution is 2.48. The number of amides is 1. The van der Waals surface area contributed by atoms with E-state index in [4.69, 9.17) is 4.74 Å². The molecule has 0 radical (unpaired) electrons. The molecule has 5 rings (SSSR count). The van der Waals surface area contributed by atoms with Gasteiger partial charge in [-0.15, -0.1) is 5.10 Å². The Morgan fingerprint density at radius 3 is 2.17 bits per heavy atom. The maximum atomic E-state index is 12.6. The van der Waals surface area contributed by atoms with E-state index in [1.165, 1.54) is 0 Å². The lowest BCUT2D eigenvalue weighted by Gasteiger charge is -2.16. The first-order valence-corrected chi connectivity index (χ1v) is 12.6. The molecule has 2 N–H and O–H groups in total. The average Bonchev–Trinajstić information content (AvgIpc) is 3.61. The summed E-state index contributed by atoms with van der Waals surface area (Å²) in [6.07, 6.45) is 1.14. The minimum atomic E-state index is -0.755. The lowest BCUT2D eigenvalue weighted by atomic mass is 9.93. The van der Waals surface area contributed by atoms with Crippen LogP contribution in [0.15, 0.2) is 78.9 Å². The number of carbonyl (C=O) groups excluding carboxylic acids is 1. The van der Waals surface area contributed by atoms with E-state index in [2.05, 4.69) is 14.9 Å². The summed E-state index contributed by atoms with van der Waals surface area (Å²) in [6, 6.07) is 25.1. The van der Waals surface area contributed by atoms with Crippen molar-refractivity contribution < 1.29 is 19.4 Å². The lowest BCUT2D eigenvalue weighted by molar-refractivity contribution is -0.140. The molecule has 1 unspecified atom stereocenters. The van der Waals surface area contributed by atoms with E-state index in [0.29, 0.717) is 30.0 Å². The topological polar surface area (TPSA) is 101 Å². The van der Waals surface area contributed by atoms with Crippen LogP contribution >= 0.6 is 11.5 Å². The molecule has 1 fully saturated rings. The Balaban J connectivity index is 1.27. The SMILES string of the molecule is CCC(OC(=O)Nc1snnc1-c1ccc(-c2ccc(C3(C(=O)O)CC3)cc2)cc1)c1ccccc1. The Bertz CT molecular complexity index is 1360. The van der Waals surface area contributed by atoms with Gasteiger partial charge in [0.05, 0.1) is 5.41 Å². The molecule has 3 aromatic carbocycles. The summed E-state index contributed by atoms with van der Waals surface area (Å²) in [4.78, 5) is 24.2. The fourth-order valence-corrected chi connectivity index (χ4v) is 4.90. The molecular formula is C28H25N3O4S. The van der Waals surface area contributed by atoms with E-state index in [1.807, 2.05) is 85.8 Å². The number of aromatic nitrogens is 2. The van der Waals surface area contributed by atoms with Crippen LogP contribution in [0, 0.1) is 0 Å². The van der Waals surface area contributed by atoms with Crippen LogP contribution in [0.1, 0.15) is 43.4 Å². The molecule has 1 saturated carbocycles. The van der Waals surface area contributed by atoms with Gasteiger partial charge in [-0.3, -0.25) is 10.1 Å². The number of rotatable bonds is 8. The second kappa shape index (κ2) is 9.91. The first-order valence-electron chi connectivity index (χ1n) is 11.8. The second-order valence-electron chi connectivity index (χ2n) is 8.83. The van der Waals surface area contributed by atoms with E-state index in [9.17, 15) is 14.7 Å². The second-order valence-corrected chi connectivity index (χ2v) is 9.58.